The van der Waals surface area contributed by atoms with E-state index in [4.69, 9.17) is 33.2 Å². The Labute approximate surface area is 109 Å². The minimum atomic E-state index is -0.652. The molecule has 1 rings (SSSR count). The Kier molecular flexibility index (Phi) is 5.02. The van der Waals surface area contributed by atoms with Gasteiger partial charge in [-0.3, -0.25) is 0 Å². The summed E-state index contributed by atoms with van der Waals surface area (Å²) < 4.78 is 4.73. The Morgan fingerprint density at radius 2 is 2.18 bits per heavy atom. The van der Waals surface area contributed by atoms with Crippen molar-refractivity contribution in [1.29, 1.82) is 5.26 Å². The zero-order valence-electron chi connectivity index (χ0n) is 9.04. The molecule has 0 saturated heterocycles. The van der Waals surface area contributed by atoms with E-state index in [2.05, 4.69) is 0 Å². The summed E-state index contributed by atoms with van der Waals surface area (Å²) >= 11 is 11.6. The summed E-state index contributed by atoms with van der Waals surface area (Å²) in [5.74, 6) is -0.652. The number of hydrogen-bond donors (Lipinski definition) is 0. The van der Waals surface area contributed by atoms with Gasteiger partial charge in [0.15, 0.2) is 0 Å². The second kappa shape index (κ2) is 6.29. The molecule has 0 radical (unpaired) electrons. The molecule has 0 spiro atoms. The van der Waals surface area contributed by atoms with Crippen LogP contribution in [0.1, 0.15) is 12.5 Å². The van der Waals surface area contributed by atoms with Crippen molar-refractivity contribution in [2.24, 2.45) is 0 Å². The topological polar surface area (TPSA) is 50.1 Å². The number of nitriles is 1. The number of ether oxygens (including phenoxy) is 1. The molecule has 0 fully saturated rings. The summed E-state index contributed by atoms with van der Waals surface area (Å²) in [6, 6.07) is 6.60. The highest BCUT2D eigenvalue weighted by atomic mass is 35.5. The third kappa shape index (κ3) is 3.77. The minimum Gasteiger partial charge on any atom is -0.462 e. The molecule has 0 N–H and O–H groups in total. The molecule has 0 aliphatic carbocycles. The average molecular weight is 270 g/mol. The maximum absolute atomic E-state index is 11.4. The van der Waals surface area contributed by atoms with Gasteiger partial charge in [-0.05, 0) is 30.7 Å². The Bertz CT molecular complexity index is 504. The summed E-state index contributed by atoms with van der Waals surface area (Å²) in [6.07, 6.45) is 1.40. The number of hydrogen-bond acceptors (Lipinski definition) is 3. The molecular formula is C12H9Cl2NO2. The number of benzene rings is 1. The second-order valence-corrected chi connectivity index (χ2v) is 3.88. The van der Waals surface area contributed by atoms with Gasteiger partial charge in [-0.25, -0.2) is 4.79 Å². The fraction of sp³-hybridized carbons (Fsp3) is 0.167. The Hall–Kier alpha value is -1.50. The quantitative estimate of drug-likeness (QED) is 0.480. The number of carbonyl (C=O) groups is 1. The highest BCUT2D eigenvalue weighted by Gasteiger charge is 2.09. The fourth-order valence-corrected chi connectivity index (χ4v) is 1.42. The molecule has 0 unspecified atom stereocenters. The van der Waals surface area contributed by atoms with Gasteiger partial charge in [0.1, 0.15) is 11.6 Å². The van der Waals surface area contributed by atoms with Gasteiger partial charge in [0, 0.05) is 0 Å². The van der Waals surface area contributed by atoms with Crippen molar-refractivity contribution < 1.29 is 9.53 Å². The van der Waals surface area contributed by atoms with Gasteiger partial charge < -0.3 is 4.74 Å². The first-order chi connectivity index (χ1) is 8.08. The number of esters is 1. The molecule has 3 nitrogen and oxygen atoms in total. The van der Waals surface area contributed by atoms with Gasteiger partial charge >= 0.3 is 5.97 Å². The molecule has 88 valence electrons. The summed E-state index contributed by atoms with van der Waals surface area (Å²) in [7, 11) is 0. The van der Waals surface area contributed by atoms with Crippen molar-refractivity contribution in [3.8, 4) is 6.07 Å². The van der Waals surface area contributed by atoms with Crippen LogP contribution in [-0.4, -0.2) is 12.6 Å². The van der Waals surface area contributed by atoms with Gasteiger partial charge in [0.05, 0.1) is 16.7 Å². The molecule has 0 atom stereocenters. The predicted molar refractivity (Wildman–Crippen MR) is 66.7 cm³/mol. The lowest BCUT2D eigenvalue weighted by Gasteiger charge is -2.01. The smallest absolute Gasteiger partial charge is 0.348 e. The van der Waals surface area contributed by atoms with Crippen LogP contribution in [0.2, 0.25) is 10.0 Å². The van der Waals surface area contributed by atoms with E-state index in [1.54, 1.807) is 31.2 Å². The lowest BCUT2D eigenvalue weighted by atomic mass is 10.1. The van der Waals surface area contributed by atoms with E-state index in [0.29, 0.717) is 15.6 Å². The lowest BCUT2D eigenvalue weighted by molar-refractivity contribution is -0.137. The summed E-state index contributed by atoms with van der Waals surface area (Å²) in [5.41, 5.74) is 0.536. The van der Waals surface area contributed by atoms with E-state index in [1.807, 2.05) is 0 Å². The monoisotopic (exact) mass is 269 g/mol. The highest BCUT2D eigenvalue weighted by Crippen LogP contribution is 2.23. The van der Waals surface area contributed by atoms with Crippen molar-refractivity contribution in [2.45, 2.75) is 6.92 Å². The van der Waals surface area contributed by atoms with Gasteiger partial charge in [-0.2, -0.15) is 5.26 Å². The van der Waals surface area contributed by atoms with Crippen LogP contribution in [0.15, 0.2) is 23.8 Å². The van der Waals surface area contributed by atoms with E-state index in [0.717, 1.165) is 0 Å². The molecular weight excluding hydrogens is 261 g/mol. The normalized spacial score (nSPS) is 10.8. The molecule has 17 heavy (non-hydrogen) atoms. The van der Waals surface area contributed by atoms with Crippen molar-refractivity contribution in [1.82, 2.24) is 0 Å². The zero-order chi connectivity index (χ0) is 12.8. The van der Waals surface area contributed by atoms with Gasteiger partial charge in [0.25, 0.3) is 0 Å². The second-order valence-electron chi connectivity index (χ2n) is 3.06. The van der Waals surface area contributed by atoms with Crippen molar-refractivity contribution >= 4 is 35.2 Å². The highest BCUT2D eigenvalue weighted by molar-refractivity contribution is 6.42. The fourth-order valence-electron chi connectivity index (χ4n) is 1.11. The summed E-state index contributed by atoms with van der Waals surface area (Å²) in [6.45, 7) is 1.89. The van der Waals surface area contributed by atoms with Gasteiger partial charge in [0.2, 0.25) is 0 Å². The number of carbonyl (C=O) groups excluding carboxylic acids is 1. The third-order valence-electron chi connectivity index (χ3n) is 1.87. The van der Waals surface area contributed by atoms with Crippen LogP contribution >= 0.6 is 23.2 Å². The zero-order valence-corrected chi connectivity index (χ0v) is 10.5. The largest absolute Gasteiger partial charge is 0.462 e. The van der Waals surface area contributed by atoms with E-state index >= 15 is 0 Å². The van der Waals surface area contributed by atoms with Crippen LogP contribution in [0.5, 0.6) is 0 Å². The Balaban J connectivity index is 3.03. The first-order valence-corrected chi connectivity index (χ1v) is 5.58. The predicted octanol–water partition coefficient (Wildman–Crippen LogP) is 3.46. The van der Waals surface area contributed by atoms with E-state index in [-0.39, 0.29) is 12.2 Å². The molecule has 0 amide bonds. The van der Waals surface area contributed by atoms with Gasteiger partial charge in [-0.15, -0.1) is 0 Å². The maximum Gasteiger partial charge on any atom is 0.348 e. The van der Waals surface area contributed by atoms with Crippen molar-refractivity contribution in [3.63, 3.8) is 0 Å². The Morgan fingerprint density at radius 1 is 1.47 bits per heavy atom. The standard InChI is InChI=1S/C12H9Cl2NO2/c1-2-17-12(16)9(7-15)5-8-3-4-10(13)11(14)6-8/h3-6H,2H2,1H3. The van der Waals surface area contributed by atoms with E-state index in [9.17, 15) is 4.79 Å². The number of rotatable bonds is 3. The van der Waals surface area contributed by atoms with Gasteiger partial charge in [-0.1, -0.05) is 29.3 Å². The molecule has 0 aliphatic heterocycles. The average Bonchev–Trinajstić information content (AvgIpc) is 2.30. The van der Waals surface area contributed by atoms with Crippen LogP contribution in [0, 0.1) is 11.3 Å². The molecule has 0 heterocycles. The van der Waals surface area contributed by atoms with Crippen molar-refractivity contribution in [3.05, 3.63) is 39.4 Å². The molecule has 0 bridgehead atoms. The van der Waals surface area contributed by atoms with Crippen LogP contribution < -0.4 is 0 Å². The van der Waals surface area contributed by atoms with Crippen LogP contribution in [0.25, 0.3) is 6.08 Å². The first-order valence-electron chi connectivity index (χ1n) is 4.82. The lowest BCUT2D eigenvalue weighted by Crippen LogP contribution is -2.05. The summed E-state index contributed by atoms with van der Waals surface area (Å²) in [4.78, 5) is 11.4. The third-order valence-corrected chi connectivity index (χ3v) is 2.61. The molecule has 0 aromatic heterocycles. The maximum atomic E-state index is 11.4. The molecule has 0 saturated carbocycles. The number of halogens is 2. The first kappa shape index (κ1) is 13.6. The molecule has 0 aliphatic rings. The number of nitrogens with zero attached hydrogens (tertiary/aromatic N) is 1. The molecule has 1 aromatic carbocycles. The minimum absolute atomic E-state index is 0.0785. The summed E-state index contributed by atoms with van der Waals surface area (Å²) in [5, 5.41) is 9.61. The van der Waals surface area contributed by atoms with Crippen LogP contribution in [0.3, 0.4) is 0 Å². The van der Waals surface area contributed by atoms with E-state index in [1.165, 1.54) is 6.08 Å². The SMILES string of the molecule is CCOC(=O)C(C#N)=Cc1ccc(Cl)c(Cl)c1. The molecule has 1 aromatic rings. The van der Waals surface area contributed by atoms with Crippen LogP contribution in [-0.2, 0) is 9.53 Å². The van der Waals surface area contributed by atoms with E-state index < -0.39 is 5.97 Å². The molecule has 5 heteroatoms. The Morgan fingerprint density at radius 3 is 2.71 bits per heavy atom. The van der Waals surface area contributed by atoms with Crippen LogP contribution in [0.4, 0.5) is 0 Å². The van der Waals surface area contributed by atoms with Crippen molar-refractivity contribution in [2.75, 3.05) is 6.61 Å².